The molecule has 1 atom stereocenters. The summed E-state index contributed by atoms with van der Waals surface area (Å²) >= 11 is 1.49. The molecule has 0 bridgehead atoms. The number of amides is 1. The third-order valence-corrected chi connectivity index (χ3v) is 7.82. The molecular formula is C28H28F3N5O5S. The molecule has 14 heteroatoms. The van der Waals surface area contributed by atoms with Crippen LogP contribution in [0.1, 0.15) is 34.8 Å². The van der Waals surface area contributed by atoms with Crippen molar-refractivity contribution in [1.82, 2.24) is 15.3 Å². The minimum absolute atomic E-state index is 0.0212. The van der Waals surface area contributed by atoms with Gasteiger partial charge in [-0.3, -0.25) is 4.79 Å². The van der Waals surface area contributed by atoms with Crippen LogP contribution in [0.2, 0.25) is 0 Å². The number of rotatable bonds is 5. The third kappa shape index (κ3) is 6.82. The number of halogens is 3. The zero-order valence-corrected chi connectivity index (χ0v) is 23.5. The van der Waals surface area contributed by atoms with Crippen molar-refractivity contribution in [3.8, 4) is 0 Å². The molecule has 222 valence electrons. The van der Waals surface area contributed by atoms with E-state index in [0.29, 0.717) is 13.2 Å². The molecular weight excluding hydrogens is 575 g/mol. The van der Waals surface area contributed by atoms with Gasteiger partial charge in [0.15, 0.2) is 17.1 Å². The number of nitrogens with zero attached hydrogens (tertiary/aromatic N) is 3. The van der Waals surface area contributed by atoms with Gasteiger partial charge in [0, 0.05) is 35.9 Å². The number of anilines is 3. The number of alkyl halides is 3. The monoisotopic (exact) mass is 603 g/mol. The normalized spacial score (nSPS) is 18.1. The summed E-state index contributed by atoms with van der Waals surface area (Å²) in [6.45, 7) is 6.12. The zero-order valence-electron chi connectivity index (χ0n) is 22.7. The lowest BCUT2D eigenvalue weighted by Crippen LogP contribution is -2.48. The Morgan fingerprint density at radius 1 is 1.24 bits per heavy atom. The molecule has 10 nitrogen and oxygen atoms in total. The molecule has 3 N–H and O–H groups in total. The van der Waals surface area contributed by atoms with Crippen molar-refractivity contribution < 1.29 is 37.0 Å². The topological polar surface area (TPSA) is 130 Å². The van der Waals surface area contributed by atoms with E-state index >= 15 is 0 Å². The number of carboxylic acids is 1. The Bertz CT molecular complexity index is 1600. The number of hydrogen-bond donors (Lipinski definition) is 3. The lowest BCUT2D eigenvalue weighted by atomic mass is 9.94. The Balaban J connectivity index is 0.000000451. The Hall–Kier alpha value is -4.17. The minimum Gasteiger partial charge on any atom is -0.475 e. The maximum atomic E-state index is 12.6. The third-order valence-electron chi connectivity index (χ3n) is 6.69. The SMILES string of the molecule is CC1(C)Cc2nc(N3CCOCC3Cc3cccc(Nc4ccc5ncoc5c4)c3)sc2C(=O)N1.O=C(O)C(F)(F)F. The van der Waals surface area contributed by atoms with Crippen molar-refractivity contribution >= 4 is 50.8 Å². The first-order chi connectivity index (χ1) is 19.9. The van der Waals surface area contributed by atoms with Crippen LogP contribution in [0.15, 0.2) is 53.3 Å². The fourth-order valence-corrected chi connectivity index (χ4v) is 5.88. The molecule has 0 aliphatic carbocycles. The summed E-state index contributed by atoms with van der Waals surface area (Å²) in [5.74, 6) is -2.78. The highest BCUT2D eigenvalue weighted by atomic mass is 32.1. The van der Waals surface area contributed by atoms with E-state index in [1.807, 2.05) is 32.0 Å². The van der Waals surface area contributed by atoms with Gasteiger partial charge in [0.25, 0.3) is 5.91 Å². The molecule has 0 radical (unpaired) electrons. The van der Waals surface area contributed by atoms with Crippen LogP contribution in [-0.4, -0.2) is 64.5 Å². The van der Waals surface area contributed by atoms with Gasteiger partial charge in [-0.15, -0.1) is 0 Å². The molecule has 1 unspecified atom stereocenters. The summed E-state index contributed by atoms with van der Waals surface area (Å²) in [4.78, 5) is 33.6. The number of morpholine rings is 1. The van der Waals surface area contributed by atoms with E-state index in [2.05, 4.69) is 44.8 Å². The number of nitrogens with one attached hydrogen (secondary N) is 2. The van der Waals surface area contributed by atoms with E-state index in [9.17, 15) is 18.0 Å². The van der Waals surface area contributed by atoms with E-state index in [1.165, 1.54) is 23.3 Å². The summed E-state index contributed by atoms with van der Waals surface area (Å²) in [6.07, 6.45) is -2.06. The van der Waals surface area contributed by atoms with Crippen LogP contribution in [-0.2, 0) is 22.4 Å². The van der Waals surface area contributed by atoms with Crippen molar-refractivity contribution in [3.05, 3.63) is 65.0 Å². The molecule has 0 spiro atoms. The number of carbonyl (C=O) groups is 2. The second kappa shape index (κ2) is 11.6. The highest BCUT2D eigenvalue weighted by Crippen LogP contribution is 2.34. The van der Waals surface area contributed by atoms with Crippen LogP contribution >= 0.6 is 11.3 Å². The van der Waals surface area contributed by atoms with E-state index in [1.54, 1.807) is 0 Å². The first kappa shape index (κ1) is 29.3. The number of ether oxygens (including phenoxy) is 1. The molecule has 1 amide bonds. The number of oxazole rings is 1. The van der Waals surface area contributed by atoms with Gasteiger partial charge in [-0.05, 0) is 50.1 Å². The smallest absolute Gasteiger partial charge is 0.475 e. The lowest BCUT2D eigenvalue weighted by molar-refractivity contribution is -0.192. The standard InChI is InChI=1S/C26H27N5O3S.C2HF3O2/c1-26(2)13-21-23(24(32)30-26)35-25(29-21)31-8-9-33-14-19(31)11-16-4-3-5-17(10-16)28-18-6-7-20-22(12-18)34-15-27-20;3-2(4,5)1(6)7/h3-7,10,12,15,19,28H,8-9,11,13-14H2,1-2H3,(H,30,32);(H,6,7). The molecule has 0 saturated carbocycles. The number of carboxylic acid groups (broad SMARTS) is 1. The first-order valence-electron chi connectivity index (χ1n) is 13.0. The van der Waals surface area contributed by atoms with Gasteiger partial charge in [0.1, 0.15) is 10.4 Å². The predicted molar refractivity (Wildman–Crippen MR) is 150 cm³/mol. The molecule has 2 aliphatic rings. The van der Waals surface area contributed by atoms with Crippen molar-refractivity contribution in [2.75, 3.05) is 30.0 Å². The minimum atomic E-state index is -5.08. The highest BCUT2D eigenvalue weighted by molar-refractivity contribution is 7.17. The predicted octanol–water partition coefficient (Wildman–Crippen LogP) is 5.17. The van der Waals surface area contributed by atoms with Gasteiger partial charge in [-0.1, -0.05) is 23.5 Å². The highest BCUT2D eigenvalue weighted by Gasteiger charge is 2.38. The van der Waals surface area contributed by atoms with Crippen molar-refractivity contribution in [1.29, 1.82) is 0 Å². The Morgan fingerprint density at radius 2 is 2.00 bits per heavy atom. The molecule has 4 aromatic rings. The first-order valence-corrected chi connectivity index (χ1v) is 13.9. The number of aromatic nitrogens is 2. The van der Waals surface area contributed by atoms with Gasteiger partial charge < -0.3 is 29.8 Å². The van der Waals surface area contributed by atoms with Gasteiger partial charge in [0.2, 0.25) is 0 Å². The van der Waals surface area contributed by atoms with Crippen molar-refractivity contribution in [2.45, 2.75) is 44.4 Å². The number of benzene rings is 2. The number of carbonyl (C=O) groups excluding carboxylic acids is 1. The number of hydrogen-bond acceptors (Lipinski definition) is 9. The van der Waals surface area contributed by atoms with Gasteiger partial charge in [0.05, 0.1) is 24.9 Å². The maximum Gasteiger partial charge on any atom is 0.490 e. The van der Waals surface area contributed by atoms with E-state index in [4.69, 9.17) is 24.0 Å². The van der Waals surface area contributed by atoms with Gasteiger partial charge in [-0.2, -0.15) is 13.2 Å². The number of fused-ring (bicyclic) bond motifs is 2. The second-order valence-electron chi connectivity index (χ2n) is 10.6. The summed E-state index contributed by atoms with van der Waals surface area (Å²) in [6, 6.07) is 14.5. The maximum absolute atomic E-state index is 12.6. The Kier molecular flexibility index (Phi) is 8.10. The molecule has 2 aromatic carbocycles. The fourth-order valence-electron chi connectivity index (χ4n) is 4.81. The van der Waals surface area contributed by atoms with Crippen LogP contribution in [0.4, 0.5) is 29.7 Å². The molecule has 4 heterocycles. The lowest BCUT2D eigenvalue weighted by Gasteiger charge is -2.35. The van der Waals surface area contributed by atoms with E-state index in [-0.39, 0.29) is 17.5 Å². The Morgan fingerprint density at radius 3 is 2.76 bits per heavy atom. The summed E-state index contributed by atoms with van der Waals surface area (Å²) in [7, 11) is 0. The quantitative estimate of drug-likeness (QED) is 0.283. The number of thiazole rings is 1. The zero-order chi connectivity index (χ0) is 30.1. The Labute approximate surface area is 242 Å². The average molecular weight is 604 g/mol. The molecule has 2 aromatic heterocycles. The van der Waals surface area contributed by atoms with Crippen LogP contribution in [0, 0.1) is 0 Å². The summed E-state index contributed by atoms with van der Waals surface area (Å²) in [5, 5.41) is 14.6. The molecule has 6 rings (SSSR count). The van der Waals surface area contributed by atoms with Crippen molar-refractivity contribution in [3.63, 3.8) is 0 Å². The molecule has 1 saturated heterocycles. The summed E-state index contributed by atoms with van der Waals surface area (Å²) in [5.41, 5.74) is 5.38. The number of aliphatic carboxylic acids is 1. The van der Waals surface area contributed by atoms with Crippen LogP contribution in [0.5, 0.6) is 0 Å². The van der Waals surface area contributed by atoms with Gasteiger partial charge in [-0.25, -0.2) is 14.8 Å². The molecule has 2 aliphatic heterocycles. The summed E-state index contributed by atoms with van der Waals surface area (Å²) < 4.78 is 43.0. The molecule has 42 heavy (non-hydrogen) atoms. The van der Waals surface area contributed by atoms with Gasteiger partial charge >= 0.3 is 12.1 Å². The van der Waals surface area contributed by atoms with E-state index < -0.39 is 12.1 Å². The van der Waals surface area contributed by atoms with Crippen LogP contribution in [0.3, 0.4) is 0 Å². The van der Waals surface area contributed by atoms with Crippen LogP contribution < -0.4 is 15.5 Å². The second-order valence-corrected chi connectivity index (χ2v) is 11.6. The molecule has 1 fully saturated rings. The largest absolute Gasteiger partial charge is 0.490 e. The van der Waals surface area contributed by atoms with E-state index in [0.717, 1.165) is 57.6 Å². The average Bonchev–Trinajstić information content (AvgIpc) is 3.55. The van der Waals surface area contributed by atoms with Crippen LogP contribution in [0.25, 0.3) is 11.1 Å². The fraction of sp³-hybridized carbons (Fsp3) is 0.357. The van der Waals surface area contributed by atoms with Crippen molar-refractivity contribution in [2.24, 2.45) is 0 Å².